The number of rotatable bonds is 6. The van der Waals surface area contributed by atoms with E-state index in [2.05, 4.69) is 41.8 Å². The average molecular weight is 412 g/mol. The molecule has 2 aromatic heterocycles. The summed E-state index contributed by atoms with van der Waals surface area (Å²) >= 11 is 0. The number of urea groups is 1. The minimum absolute atomic E-state index is 0.181. The monoisotopic (exact) mass is 411 g/mol. The van der Waals surface area contributed by atoms with Crippen LogP contribution in [0.5, 0.6) is 0 Å². The molecule has 1 aliphatic rings. The predicted molar refractivity (Wildman–Crippen MR) is 117 cm³/mol. The van der Waals surface area contributed by atoms with Crippen LogP contribution in [0.25, 0.3) is 0 Å². The van der Waals surface area contributed by atoms with Gasteiger partial charge in [-0.25, -0.2) is 14.8 Å². The Labute approximate surface area is 176 Å². The van der Waals surface area contributed by atoms with E-state index < -0.39 is 0 Å². The van der Waals surface area contributed by atoms with E-state index >= 15 is 0 Å². The van der Waals surface area contributed by atoms with Crippen LogP contribution in [0.3, 0.4) is 0 Å². The number of hydrogen-bond acceptors (Lipinski definition) is 6. The minimum atomic E-state index is -0.244. The molecule has 3 N–H and O–H groups in total. The summed E-state index contributed by atoms with van der Waals surface area (Å²) in [5, 5.41) is 8.08. The summed E-state index contributed by atoms with van der Waals surface area (Å²) in [6.07, 6.45) is 1.76. The highest BCUT2D eigenvalue weighted by molar-refractivity contribution is 5.92. The molecule has 160 valence electrons. The van der Waals surface area contributed by atoms with Gasteiger partial charge in [-0.1, -0.05) is 0 Å². The van der Waals surface area contributed by atoms with Crippen molar-refractivity contribution in [1.29, 1.82) is 0 Å². The fourth-order valence-electron chi connectivity index (χ4n) is 3.47. The number of carbonyl (C=O) groups is 2. The topological polar surface area (TPSA) is 102 Å². The van der Waals surface area contributed by atoms with E-state index in [1.165, 1.54) is 0 Å². The summed E-state index contributed by atoms with van der Waals surface area (Å²) in [6, 6.07) is 7.43. The number of amides is 3. The number of hydrogen-bond donors (Lipinski definition) is 3. The fraction of sp³-hybridized carbons (Fsp3) is 0.429. The second-order valence-electron chi connectivity index (χ2n) is 7.23. The lowest BCUT2D eigenvalue weighted by molar-refractivity contribution is 0.0958. The van der Waals surface area contributed by atoms with Gasteiger partial charge in [-0.05, 0) is 43.7 Å². The van der Waals surface area contributed by atoms with Crippen LogP contribution in [0.4, 0.5) is 16.3 Å². The van der Waals surface area contributed by atoms with Gasteiger partial charge in [-0.15, -0.1) is 0 Å². The van der Waals surface area contributed by atoms with E-state index in [0.29, 0.717) is 18.1 Å². The van der Waals surface area contributed by atoms with E-state index in [9.17, 15) is 9.59 Å². The van der Waals surface area contributed by atoms with Gasteiger partial charge in [-0.2, -0.15) is 0 Å². The third-order valence-electron chi connectivity index (χ3n) is 4.94. The highest BCUT2D eigenvalue weighted by Crippen LogP contribution is 2.18. The van der Waals surface area contributed by atoms with E-state index in [1.807, 2.05) is 26.0 Å². The van der Waals surface area contributed by atoms with Crippen molar-refractivity contribution in [3.05, 3.63) is 47.4 Å². The van der Waals surface area contributed by atoms with Crippen molar-refractivity contribution in [2.75, 3.05) is 50.0 Å². The number of pyridine rings is 2. The molecule has 0 bridgehead atoms. The molecular weight excluding hydrogens is 382 g/mol. The number of aryl methyl sites for hydroxylation is 1. The van der Waals surface area contributed by atoms with Gasteiger partial charge in [0.15, 0.2) is 0 Å². The van der Waals surface area contributed by atoms with Gasteiger partial charge in [0, 0.05) is 52.0 Å². The van der Waals surface area contributed by atoms with Gasteiger partial charge in [0.1, 0.15) is 11.5 Å². The van der Waals surface area contributed by atoms with E-state index in [-0.39, 0.29) is 11.9 Å². The number of nitrogens with zero attached hydrogens (tertiary/aromatic N) is 4. The maximum absolute atomic E-state index is 11.8. The third-order valence-corrected chi connectivity index (χ3v) is 4.94. The van der Waals surface area contributed by atoms with Gasteiger partial charge in [0.05, 0.1) is 11.9 Å². The summed E-state index contributed by atoms with van der Waals surface area (Å²) in [5.41, 5.74) is 3.44. The van der Waals surface area contributed by atoms with E-state index in [0.717, 1.165) is 49.7 Å². The molecule has 0 unspecified atom stereocenters. The molecule has 1 fully saturated rings. The van der Waals surface area contributed by atoms with Gasteiger partial charge < -0.3 is 15.5 Å². The molecule has 3 heterocycles. The molecule has 9 nitrogen and oxygen atoms in total. The first kappa shape index (κ1) is 21.5. The Balaban J connectivity index is 1.56. The largest absolute Gasteiger partial charge is 0.368 e. The number of anilines is 2. The number of piperazine rings is 1. The summed E-state index contributed by atoms with van der Waals surface area (Å²) < 4.78 is 0. The maximum atomic E-state index is 11.8. The number of aromatic nitrogens is 2. The molecular formula is C21H29N7O2. The molecule has 3 amide bonds. The Morgan fingerprint density at radius 2 is 1.90 bits per heavy atom. The van der Waals surface area contributed by atoms with Crippen LogP contribution in [-0.2, 0) is 6.54 Å². The van der Waals surface area contributed by atoms with Crippen LogP contribution < -0.4 is 20.9 Å². The summed E-state index contributed by atoms with van der Waals surface area (Å²) in [5.74, 6) is 0.386. The zero-order valence-corrected chi connectivity index (χ0v) is 17.7. The van der Waals surface area contributed by atoms with Crippen molar-refractivity contribution in [3.63, 3.8) is 0 Å². The van der Waals surface area contributed by atoms with Crippen LogP contribution in [-0.4, -0.2) is 66.6 Å². The molecule has 3 rings (SSSR count). The number of nitrogens with one attached hydrogen (secondary N) is 3. The highest BCUT2D eigenvalue weighted by atomic mass is 16.2. The molecule has 1 aliphatic heterocycles. The van der Waals surface area contributed by atoms with Crippen molar-refractivity contribution in [1.82, 2.24) is 25.5 Å². The maximum Gasteiger partial charge on any atom is 0.320 e. The van der Waals surface area contributed by atoms with Crippen molar-refractivity contribution in [2.24, 2.45) is 0 Å². The average Bonchev–Trinajstić information content (AvgIpc) is 2.73. The lowest BCUT2D eigenvalue weighted by Crippen LogP contribution is -2.46. The first-order valence-electron chi connectivity index (χ1n) is 10.2. The molecule has 0 aliphatic carbocycles. The lowest BCUT2D eigenvalue weighted by Gasteiger charge is -2.36. The lowest BCUT2D eigenvalue weighted by atomic mass is 10.2. The fourth-order valence-corrected chi connectivity index (χ4v) is 3.47. The van der Waals surface area contributed by atoms with Gasteiger partial charge >= 0.3 is 6.03 Å². The SMILES string of the molecule is CCNC(=O)Nc1cc(CN2CCN(c3ccc(C(=O)NC)nc3)CC2)cc(C)n1. The van der Waals surface area contributed by atoms with Crippen LogP contribution in [0.1, 0.15) is 28.7 Å². The smallest absolute Gasteiger partial charge is 0.320 e. The Bertz CT molecular complexity index is 877. The molecule has 0 atom stereocenters. The van der Waals surface area contributed by atoms with Gasteiger partial charge in [0.2, 0.25) is 0 Å². The Hall–Kier alpha value is -3.20. The van der Waals surface area contributed by atoms with Crippen molar-refractivity contribution >= 4 is 23.4 Å². The number of carbonyl (C=O) groups excluding carboxylic acids is 2. The molecule has 0 aromatic carbocycles. The molecule has 2 aromatic rings. The van der Waals surface area contributed by atoms with Gasteiger partial charge in [-0.3, -0.25) is 15.0 Å². The van der Waals surface area contributed by atoms with E-state index in [1.54, 1.807) is 19.3 Å². The molecule has 0 saturated carbocycles. The zero-order valence-electron chi connectivity index (χ0n) is 17.7. The standard InChI is InChI=1S/C21H29N7O2/c1-4-23-21(30)26-19-12-16(11-15(2)25-19)14-27-7-9-28(10-8-27)17-5-6-18(24-13-17)20(29)22-3/h5-6,11-13H,4,7-10,14H2,1-3H3,(H,22,29)(H2,23,25,26,30). The Morgan fingerprint density at radius 3 is 2.53 bits per heavy atom. The quantitative estimate of drug-likeness (QED) is 0.667. The van der Waals surface area contributed by atoms with Crippen molar-refractivity contribution in [3.8, 4) is 0 Å². The van der Waals surface area contributed by atoms with Crippen molar-refractivity contribution < 1.29 is 9.59 Å². The first-order chi connectivity index (χ1) is 14.5. The first-order valence-corrected chi connectivity index (χ1v) is 10.2. The van der Waals surface area contributed by atoms with Crippen LogP contribution in [0.2, 0.25) is 0 Å². The summed E-state index contributed by atoms with van der Waals surface area (Å²) in [6.45, 7) is 8.77. The van der Waals surface area contributed by atoms with E-state index in [4.69, 9.17) is 0 Å². The van der Waals surface area contributed by atoms with Crippen molar-refractivity contribution in [2.45, 2.75) is 20.4 Å². The van der Waals surface area contributed by atoms with Crippen LogP contribution >= 0.6 is 0 Å². The molecule has 0 radical (unpaired) electrons. The normalized spacial score (nSPS) is 14.3. The molecule has 9 heteroatoms. The van der Waals surface area contributed by atoms with Gasteiger partial charge in [0.25, 0.3) is 5.91 Å². The Kier molecular flexibility index (Phi) is 7.18. The minimum Gasteiger partial charge on any atom is -0.368 e. The summed E-state index contributed by atoms with van der Waals surface area (Å²) in [7, 11) is 1.60. The van der Waals surface area contributed by atoms with Crippen LogP contribution in [0.15, 0.2) is 30.5 Å². The molecule has 1 saturated heterocycles. The highest BCUT2D eigenvalue weighted by Gasteiger charge is 2.18. The predicted octanol–water partition coefficient (Wildman–Crippen LogP) is 1.61. The second-order valence-corrected chi connectivity index (χ2v) is 7.23. The molecule has 0 spiro atoms. The molecule has 30 heavy (non-hydrogen) atoms. The zero-order chi connectivity index (χ0) is 21.5. The summed E-state index contributed by atoms with van der Waals surface area (Å²) in [4.78, 5) is 36.7. The third kappa shape index (κ3) is 5.66. The Morgan fingerprint density at radius 1 is 1.13 bits per heavy atom. The van der Waals surface area contributed by atoms with Crippen LogP contribution in [0, 0.1) is 6.92 Å². The second kappa shape index (κ2) is 10.0.